The number of carbonyl (C=O) groups excluding carboxylic acids is 2. The van der Waals surface area contributed by atoms with Gasteiger partial charge in [-0.05, 0) is 51.3 Å². The molecule has 0 spiro atoms. The Morgan fingerprint density at radius 3 is 2.61 bits per heavy atom. The van der Waals surface area contributed by atoms with Crippen LogP contribution in [0.25, 0.3) is 0 Å². The molecule has 0 bridgehead atoms. The molecule has 0 aromatic heterocycles. The summed E-state index contributed by atoms with van der Waals surface area (Å²) in [6.07, 6.45) is 0.861. The van der Waals surface area contributed by atoms with E-state index in [1.54, 1.807) is 45.0 Å². The number of amides is 2. The summed E-state index contributed by atoms with van der Waals surface area (Å²) >= 11 is 1.04. The molecule has 4 N–H and O–H groups in total. The van der Waals surface area contributed by atoms with E-state index in [4.69, 9.17) is 10.5 Å². The van der Waals surface area contributed by atoms with Crippen molar-refractivity contribution < 1.29 is 14.3 Å². The number of nitrogen functional groups attached to an aromatic ring is 1. The first-order chi connectivity index (χ1) is 13.1. The van der Waals surface area contributed by atoms with Crippen molar-refractivity contribution in [3.05, 3.63) is 36.9 Å². The number of ether oxygens (including phenoxy) is 1. The highest BCUT2D eigenvalue weighted by atomic mass is 32.2. The van der Waals surface area contributed by atoms with Gasteiger partial charge in [-0.3, -0.25) is 9.52 Å². The van der Waals surface area contributed by atoms with Crippen LogP contribution in [0.2, 0.25) is 0 Å². The van der Waals surface area contributed by atoms with Crippen LogP contribution in [-0.2, 0) is 9.53 Å². The van der Waals surface area contributed by atoms with Crippen LogP contribution < -0.4 is 15.8 Å². The van der Waals surface area contributed by atoms with E-state index in [-0.39, 0.29) is 6.42 Å². The van der Waals surface area contributed by atoms with Gasteiger partial charge in [-0.15, -0.1) is 6.58 Å². The van der Waals surface area contributed by atoms with Gasteiger partial charge in [-0.1, -0.05) is 24.1 Å². The summed E-state index contributed by atoms with van der Waals surface area (Å²) in [6, 6.07) is 11.6. The predicted molar refractivity (Wildman–Crippen MR) is 107 cm³/mol. The van der Waals surface area contributed by atoms with Crippen LogP contribution in [-0.4, -0.2) is 17.6 Å². The Kier molecular flexibility index (Phi) is 5.96. The third kappa shape index (κ3) is 4.41. The number of rotatable bonds is 4. The third-order valence-corrected chi connectivity index (χ3v) is 5.01. The quantitative estimate of drug-likeness (QED) is 0.236. The molecule has 28 heavy (non-hydrogen) atoms. The first-order valence-electron chi connectivity index (χ1n) is 8.47. The Balaban J connectivity index is 2.15. The Morgan fingerprint density at radius 1 is 1.39 bits per heavy atom. The number of hydrogen-bond acceptors (Lipinski definition) is 6. The number of hydrogen-bond donors (Lipinski definition) is 3. The molecule has 0 heterocycles. The van der Waals surface area contributed by atoms with Gasteiger partial charge in [0.05, 0.1) is 11.0 Å². The Bertz CT molecular complexity index is 906. The average Bonchev–Trinajstić information content (AvgIpc) is 3.29. The number of nitriles is 1. The highest BCUT2D eigenvalue weighted by Gasteiger charge is 2.71. The van der Waals surface area contributed by atoms with Gasteiger partial charge in [0.25, 0.3) is 0 Å². The van der Waals surface area contributed by atoms with Crippen molar-refractivity contribution in [1.82, 2.24) is 10.0 Å². The lowest BCUT2D eigenvalue weighted by Gasteiger charge is -2.18. The molecular weight excluding hydrogens is 376 g/mol. The number of anilines is 1. The van der Waals surface area contributed by atoms with Crippen LogP contribution in [0, 0.1) is 34.1 Å². The van der Waals surface area contributed by atoms with Crippen molar-refractivity contribution in [3.8, 4) is 18.0 Å². The van der Waals surface area contributed by atoms with Gasteiger partial charge < -0.3 is 10.5 Å². The second-order valence-electron chi connectivity index (χ2n) is 7.32. The number of nitrogens with one attached hydrogen (secondary N) is 2. The van der Waals surface area contributed by atoms with E-state index >= 15 is 0 Å². The van der Waals surface area contributed by atoms with Crippen molar-refractivity contribution >= 4 is 29.6 Å². The molecule has 2 atom stereocenters. The minimum absolute atomic E-state index is 0.180. The molecule has 7 nitrogen and oxygen atoms in total. The van der Waals surface area contributed by atoms with Crippen molar-refractivity contribution in [2.45, 2.75) is 37.7 Å². The lowest BCUT2D eigenvalue weighted by atomic mass is 9.94. The number of benzene rings is 1. The standard InChI is InChI=1S/C20H22N4O3S/c1-5-19(13-21)12-20(19,10-11-23-17(26)27-18(2,3)4)16(25)24-28-15-9-7-6-8-14(15)22/h5-9H,1,12,22H2,2-4H3,(H,23,26)(H,24,25)/t19-,20-/m1/s1. The molecule has 0 saturated heterocycles. The zero-order chi connectivity index (χ0) is 21.0. The minimum atomic E-state index is -1.31. The monoisotopic (exact) mass is 398 g/mol. The number of allylic oxidation sites excluding steroid dienone is 1. The van der Waals surface area contributed by atoms with Gasteiger partial charge in [0, 0.05) is 11.7 Å². The number of carbonyl (C=O) groups is 2. The van der Waals surface area contributed by atoms with Crippen LogP contribution in [0.4, 0.5) is 10.5 Å². The molecule has 1 aliphatic rings. The van der Waals surface area contributed by atoms with Gasteiger partial charge in [-0.25, -0.2) is 10.1 Å². The van der Waals surface area contributed by atoms with Crippen LogP contribution >= 0.6 is 11.9 Å². The first kappa shape index (κ1) is 21.2. The van der Waals surface area contributed by atoms with Crippen LogP contribution in [0.1, 0.15) is 27.2 Å². The van der Waals surface area contributed by atoms with Gasteiger partial charge in [0.1, 0.15) is 16.4 Å². The minimum Gasteiger partial charge on any atom is -0.443 e. The van der Waals surface area contributed by atoms with E-state index in [1.807, 2.05) is 0 Å². The highest BCUT2D eigenvalue weighted by Crippen LogP contribution is 2.64. The normalized spacial score (nSPS) is 22.6. The fraction of sp³-hybridized carbons (Fsp3) is 0.350. The van der Waals surface area contributed by atoms with E-state index in [0.29, 0.717) is 10.6 Å². The Labute approximate surface area is 168 Å². The summed E-state index contributed by atoms with van der Waals surface area (Å²) in [4.78, 5) is 25.2. The zero-order valence-electron chi connectivity index (χ0n) is 16.0. The fourth-order valence-electron chi connectivity index (χ4n) is 2.55. The lowest BCUT2D eigenvalue weighted by Crippen LogP contribution is -2.32. The van der Waals surface area contributed by atoms with E-state index in [0.717, 1.165) is 11.9 Å². The highest BCUT2D eigenvalue weighted by molar-refractivity contribution is 7.98. The van der Waals surface area contributed by atoms with Crippen molar-refractivity contribution in [3.63, 3.8) is 0 Å². The fourth-order valence-corrected chi connectivity index (χ4v) is 3.26. The average molecular weight is 398 g/mol. The predicted octanol–water partition coefficient (Wildman–Crippen LogP) is 2.96. The maximum Gasteiger partial charge on any atom is 0.419 e. The van der Waals surface area contributed by atoms with E-state index < -0.39 is 28.4 Å². The Morgan fingerprint density at radius 2 is 2.07 bits per heavy atom. The molecule has 1 fully saturated rings. The van der Waals surface area contributed by atoms with Crippen molar-refractivity contribution in [1.29, 1.82) is 5.26 Å². The molecule has 0 aliphatic heterocycles. The van der Waals surface area contributed by atoms with Gasteiger partial charge >= 0.3 is 6.09 Å². The summed E-state index contributed by atoms with van der Waals surface area (Å²) in [5.74, 6) is 2.26. The molecular formula is C20H22N4O3S. The second kappa shape index (κ2) is 7.87. The first-order valence-corrected chi connectivity index (χ1v) is 9.28. The third-order valence-electron chi connectivity index (χ3n) is 4.13. The molecule has 2 rings (SSSR count). The van der Waals surface area contributed by atoms with Crippen LogP contribution in [0.5, 0.6) is 0 Å². The van der Waals surface area contributed by atoms with E-state index in [9.17, 15) is 14.9 Å². The molecule has 0 radical (unpaired) electrons. The molecule has 1 aromatic carbocycles. The summed E-state index contributed by atoms with van der Waals surface area (Å²) in [7, 11) is 0. The summed E-state index contributed by atoms with van der Waals surface area (Å²) in [5.41, 5.74) is 3.28. The van der Waals surface area contributed by atoms with Gasteiger partial charge in [-0.2, -0.15) is 5.26 Å². The van der Waals surface area contributed by atoms with E-state index in [2.05, 4.69) is 34.7 Å². The van der Waals surface area contributed by atoms with E-state index in [1.165, 1.54) is 6.08 Å². The van der Waals surface area contributed by atoms with Crippen LogP contribution in [0.3, 0.4) is 0 Å². The summed E-state index contributed by atoms with van der Waals surface area (Å²) in [6.45, 7) is 8.83. The summed E-state index contributed by atoms with van der Waals surface area (Å²) in [5, 5.41) is 11.8. The maximum absolute atomic E-state index is 12.8. The van der Waals surface area contributed by atoms with Crippen molar-refractivity contribution in [2.24, 2.45) is 10.8 Å². The number of nitrogens with two attached hydrogens (primary N) is 1. The van der Waals surface area contributed by atoms with Gasteiger partial charge in [0.15, 0.2) is 0 Å². The molecule has 1 saturated carbocycles. The molecule has 146 valence electrons. The largest absolute Gasteiger partial charge is 0.443 e. The molecule has 1 aromatic rings. The van der Waals surface area contributed by atoms with Gasteiger partial charge in [0.2, 0.25) is 5.91 Å². The molecule has 8 heteroatoms. The SMILES string of the molecule is C=C[C@]1(C#N)C[C@]1(C#CNC(=O)OC(C)(C)C)C(=O)NSc1ccccc1N. The molecule has 1 aliphatic carbocycles. The number of nitrogens with zero attached hydrogens (tertiary/aromatic N) is 1. The topological polar surface area (TPSA) is 117 Å². The van der Waals surface area contributed by atoms with Crippen LogP contribution in [0.15, 0.2) is 41.8 Å². The number of alkyl carbamates (subject to hydrolysis) is 1. The lowest BCUT2D eigenvalue weighted by molar-refractivity contribution is -0.123. The Hall–Kier alpha value is -3.10. The molecule has 2 amide bonds. The zero-order valence-corrected chi connectivity index (χ0v) is 16.8. The smallest absolute Gasteiger partial charge is 0.419 e. The maximum atomic E-state index is 12.8. The van der Waals surface area contributed by atoms with Crippen molar-refractivity contribution in [2.75, 3.05) is 5.73 Å². The number of para-hydroxylation sites is 1. The molecule has 0 unspecified atom stereocenters. The second-order valence-corrected chi connectivity index (χ2v) is 8.17. The summed E-state index contributed by atoms with van der Waals surface area (Å²) < 4.78 is 7.79.